The predicted octanol–water partition coefficient (Wildman–Crippen LogP) is 2.13. The van der Waals surface area contributed by atoms with Gasteiger partial charge in [-0.05, 0) is 15.9 Å². The van der Waals surface area contributed by atoms with Crippen LogP contribution in [0.5, 0.6) is 0 Å². The Balaban J connectivity index is 4.99. The van der Waals surface area contributed by atoms with Crippen LogP contribution >= 0.6 is 15.9 Å². The van der Waals surface area contributed by atoms with Gasteiger partial charge in [-0.3, -0.25) is 10.1 Å². The molecule has 0 unspecified atom stereocenters. The zero-order chi connectivity index (χ0) is 9.02. The molecule has 0 aliphatic carbocycles. The number of aliphatic hydroxyl groups excluding tert-OH is 1. The van der Waals surface area contributed by atoms with E-state index < -0.39 is 16.4 Å². The zero-order valence-corrected chi connectivity index (χ0v) is 7.17. The van der Waals surface area contributed by atoms with E-state index in [1.54, 1.807) is 0 Å². The van der Waals surface area contributed by atoms with Gasteiger partial charge < -0.3 is 5.11 Å². The molecule has 0 saturated carbocycles. The molecule has 0 aromatic heterocycles. The van der Waals surface area contributed by atoms with Crippen molar-refractivity contribution < 1.29 is 10.0 Å². The van der Waals surface area contributed by atoms with Crippen molar-refractivity contribution in [3.8, 4) is 0 Å². The van der Waals surface area contributed by atoms with Gasteiger partial charge in [-0.15, -0.1) is 0 Å². The zero-order valence-electron chi connectivity index (χ0n) is 5.58. The Bertz CT molecular complexity index is 244. The minimum absolute atomic E-state index is 0.0594. The van der Waals surface area contributed by atoms with Gasteiger partial charge in [0.2, 0.25) is 5.76 Å². The minimum Gasteiger partial charge on any atom is -0.501 e. The first kappa shape index (κ1) is 9.90. The molecular formula is C6H6BrNO3. The second-order valence-corrected chi connectivity index (χ2v) is 2.56. The highest BCUT2D eigenvalue weighted by Gasteiger charge is 2.14. The molecule has 0 heterocycles. The highest BCUT2D eigenvalue weighted by Crippen LogP contribution is 2.16. The van der Waals surface area contributed by atoms with Crippen LogP contribution in [-0.2, 0) is 0 Å². The molecule has 0 bridgehead atoms. The maximum absolute atomic E-state index is 10.1. The maximum Gasteiger partial charge on any atom is 0.311 e. The van der Waals surface area contributed by atoms with Crippen LogP contribution in [0.25, 0.3) is 0 Å². The summed E-state index contributed by atoms with van der Waals surface area (Å²) < 4.78 is 0.0594. The third kappa shape index (κ3) is 2.55. The van der Waals surface area contributed by atoms with E-state index in [-0.39, 0.29) is 4.48 Å². The van der Waals surface area contributed by atoms with Gasteiger partial charge in [0.05, 0.1) is 9.41 Å². The summed E-state index contributed by atoms with van der Waals surface area (Å²) in [5.41, 5.74) is -0.466. The summed E-state index contributed by atoms with van der Waals surface area (Å²) >= 11 is 2.79. The van der Waals surface area contributed by atoms with Crippen LogP contribution in [0, 0.1) is 10.1 Å². The molecule has 0 aromatic rings. The molecule has 5 heteroatoms. The fourth-order valence-electron chi connectivity index (χ4n) is 0.397. The summed E-state index contributed by atoms with van der Waals surface area (Å²) in [4.78, 5) is 9.39. The van der Waals surface area contributed by atoms with E-state index in [9.17, 15) is 10.1 Å². The fraction of sp³-hybridized carbons (Fsp3) is 0. The number of halogens is 1. The number of allylic oxidation sites excluding steroid dienone is 2. The lowest BCUT2D eigenvalue weighted by atomic mass is 10.3. The van der Waals surface area contributed by atoms with Gasteiger partial charge in [-0.2, -0.15) is 0 Å². The van der Waals surface area contributed by atoms with Gasteiger partial charge in [0, 0.05) is 6.08 Å². The average molecular weight is 220 g/mol. The van der Waals surface area contributed by atoms with Crippen molar-refractivity contribution in [2.75, 3.05) is 0 Å². The van der Waals surface area contributed by atoms with Gasteiger partial charge in [0.25, 0.3) is 0 Å². The molecule has 0 radical (unpaired) electrons. The van der Waals surface area contributed by atoms with E-state index in [0.717, 1.165) is 6.08 Å². The van der Waals surface area contributed by atoms with E-state index in [1.165, 1.54) is 0 Å². The lowest BCUT2D eigenvalue weighted by Gasteiger charge is -1.95. The minimum atomic E-state index is -0.741. The van der Waals surface area contributed by atoms with E-state index in [4.69, 9.17) is 5.11 Å². The third-order valence-corrected chi connectivity index (χ3v) is 1.27. The Morgan fingerprint density at radius 3 is 2.27 bits per heavy atom. The van der Waals surface area contributed by atoms with Crippen molar-refractivity contribution in [2.45, 2.75) is 0 Å². The van der Waals surface area contributed by atoms with E-state index in [1.807, 2.05) is 0 Å². The van der Waals surface area contributed by atoms with E-state index in [2.05, 4.69) is 29.1 Å². The molecule has 60 valence electrons. The molecule has 4 nitrogen and oxygen atoms in total. The smallest absolute Gasteiger partial charge is 0.311 e. The topological polar surface area (TPSA) is 63.4 Å². The molecule has 0 aromatic carbocycles. The maximum atomic E-state index is 10.1. The molecule has 1 N–H and O–H groups in total. The van der Waals surface area contributed by atoms with Crippen molar-refractivity contribution in [3.63, 3.8) is 0 Å². The van der Waals surface area contributed by atoms with Gasteiger partial charge in [0.15, 0.2) is 0 Å². The van der Waals surface area contributed by atoms with Crippen LogP contribution in [0.4, 0.5) is 0 Å². The van der Waals surface area contributed by atoms with E-state index in [0.29, 0.717) is 0 Å². The van der Waals surface area contributed by atoms with Crippen LogP contribution in [-0.4, -0.2) is 10.0 Å². The van der Waals surface area contributed by atoms with Crippen molar-refractivity contribution in [2.24, 2.45) is 0 Å². The monoisotopic (exact) mass is 219 g/mol. The number of hydrogen-bond acceptors (Lipinski definition) is 3. The summed E-state index contributed by atoms with van der Waals surface area (Å²) in [5, 5.41) is 19.1. The van der Waals surface area contributed by atoms with Crippen LogP contribution < -0.4 is 0 Å². The fourth-order valence-corrected chi connectivity index (χ4v) is 0.600. The summed E-state index contributed by atoms with van der Waals surface area (Å²) in [6.07, 6.45) is 0.946. The number of aliphatic hydroxyl groups is 1. The number of rotatable bonds is 3. The number of hydrogen-bond donors (Lipinski definition) is 1. The van der Waals surface area contributed by atoms with Gasteiger partial charge >= 0.3 is 5.70 Å². The quantitative estimate of drug-likeness (QED) is 0.343. The SMILES string of the molecule is C=C/C(=C(/O)C(=C)Br)[N+](=O)[O-]. The summed E-state index contributed by atoms with van der Waals surface area (Å²) in [5.74, 6) is -0.509. The van der Waals surface area contributed by atoms with Crippen molar-refractivity contribution in [3.05, 3.63) is 45.3 Å². The standard InChI is InChI=1S/C6H6BrNO3/c1-3-5(8(10)11)6(9)4(2)7/h3,9H,1-2H2/b6-5-. The molecule has 0 spiro atoms. The van der Waals surface area contributed by atoms with Crippen molar-refractivity contribution in [1.82, 2.24) is 0 Å². The highest BCUT2D eigenvalue weighted by atomic mass is 79.9. The van der Waals surface area contributed by atoms with Crippen LogP contribution in [0.1, 0.15) is 0 Å². The molecule has 0 aliphatic rings. The molecule has 0 rings (SSSR count). The molecule has 0 atom stereocenters. The molecule has 11 heavy (non-hydrogen) atoms. The van der Waals surface area contributed by atoms with Gasteiger partial charge in [-0.1, -0.05) is 13.2 Å². The molecule has 0 amide bonds. The molecule has 0 saturated heterocycles. The molecule has 0 aliphatic heterocycles. The van der Waals surface area contributed by atoms with Crippen LogP contribution in [0.3, 0.4) is 0 Å². The second-order valence-electron chi connectivity index (χ2n) is 1.60. The molecular weight excluding hydrogens is 214 g/mol. The van der Waals surface area contributed by atoms with Crippen molar-refractivity contribution in [1.29, 1.82) is 0 Å². The van der Waals surface area contributed by atoms with E-state index >= 15 is 0 Å². The first-order valence-corrected chi connectivity index (χ1v) is 3.34. The summed E-state index contributed by atoms with van der Waals surface area (Å²) in [6, 6.07) is 0. The lowest BCUT2D eigenvalue weighted by Crippen LogP contribution is -1.99. The first-order valence-electron chi connectivity index (χ1n) is 2.55. The van der Waals surface area contributed by atoms with Crippen molar-refractivity contribution >= 4 is 15.9 Å². The largest absolute Gasteiger partial charge is 0.501 e. The first-order chi connectivity index (χ1) is 5.00. The Kier molecular flexibility index (Phi) is 3.53. The Labute approximate surface area is 71.8 Å². The second kappa shape index (κ2) is 3.92. The predicted molar refractivity (Wildman–Crippen MR) is 44.9 cm³/mol. The van der Waals surface area contributed by atoms with Gasteiger partial charge in [0.1, 0.15) is 0 Å². The summed E-state index contributed by atoms with van der Waals surface area (Å²) in [7, 11) is 0. The summed E-state index contributed by atoms with van der Waals surface area (Å²) in [6.45, 7) is 6.43. The Morgan fingerprint density at radius 1 is 1.73 bits per heavy atom. The van der Waals surface area contributed by atoms with Crippen LogP contribution in [0.2, 0.25) is 0 Å². The average Bonchev–Trinajstić information content (AvgIpc) is 1.88. The Morgan fingerprint density at radius 2 is 2.18 bits per heavy atom. The normalized spacial score (nSPS) is 11.7. The molecule has 0 fully saturated rings. The Hall–Kier alpha value is -1.10. The number of nitro groups is 1. The van der Waals surface area contributed by atoms with Gasteiger partial charge in [-0.25, -0.2) is 0 Å². The number of nitrogens with zero attached hydrogens (tertiary/aromatic N) is 1. The van der Waals surface area contributed by atoms with Crippen LogP contribution in [0.15, 0.2) is 35.2 Å². The lowest BCUT2D eigenvalue weighted by molar-refractivity contribution is -0.421. The highest BCUT2D eigenvalue weighted by molar-refractivity contribution is 9.11. The third-order valence-electron chi connectivity index (χ3n) is 0.890.